The van der Waals surface area contributed by atoms with E-state index in [-0.39, 0.29) is 16.9 Å². The van der Waals surface area contributed by atoms with Gasteiger partial charge in [-0.15, -0.1) is 5.10 Å². The Morgan fingerprint density at radius 3 is 2.38 bits per heavy atom. The van der Waals surface area contributed by atoms with Crippen LogP contribution < -0.4 is 19.5 Å². The van der Waals surface area contributed by atoms with Crippen molar-refractivity contribution in [3.63, 3.8) is 0 Å². The maximum Gasteiger partial charge on any atom is 0.275 e. The Kier molecular flexibility index (Phi) is 5.85. The van der Waals surface area contributed by atoms with Crippen LogP contribution in [0.3, 0.4) is 0 Å². The number of ether oxygens (including phenoxy) is 3. The van der Waals surface area contributed by atoms with Gasteiger partial charge in [0.25, 0.3) is 5.69 Å². The molecule has 1 unspecified atom stereocenters. The Morgan fingerprint density at radius 1 is 1.08 bits per heavy atom. The van der Waals surface area contributed by atoms with Crippen molar-refractivity contribution < 1.29 is 23.9 Å². The summed E-state index contributed by atoms with van der Waals surface area (Å²) in [6.45, 7) is 4.05. The van der Waals surface area contributed by atoms with Crippen LogP contribution in [0.15, 0.2) is 47.7 Å². The molecule has 2 aliphatic rings. The van der Waals surface area contributed by atoms with Crippen molar-refractivity contribution in [1.29, 1.82) is 0 Å². The molecule has 5 rings (SSSR count). The fourth-order valence-electron chi connectivity index (χ4n) is 5.11. The number of nitro benzene ring substituents is 1. The Hall–Kier alpha value is -4.41. The summed E-state index contributed by atoms with van der Waals surface area (Å²) < 4.78 is 17.9. The fraction of sp³-hybridized carbons (Fsp3) is 0.346. The first-order chi connectivity index (χ1) is 17.7. The van der Waals surface area contributed by atoms with Crippen molar-refractivity contribution in [1.82, 2.24) is 14.8 Å². The summed E-state index contributed by atoms with van der Waals surface area (Å²) >= 11 is 0. The smallest absolute Gasteiger partial charge is 0.275 e. The van der Waals surface area contributed by atoms with Crippen LogP contribution in [0.2, 0.25) is 0 Å². The van der Waals surface area contributed by atoms with Crippen LogP contribution >= 0.6 is 0 Å². The Balaban J connectivity index is 1.72. The summed E-state index contributed by atoms with van der Waals surface area (Å²) in [6.07, 6.45) is 0.923. The zero-order chi connectivity index (χ0) is 26.5. The number of hydrogen-bond acceptors (Lipinski definition) is 9. The molecule has 0 fully saturated rings. The summed E-state index contributed by atoms with van der Waals surface area (Å²) in [5.41, 5.74) is 1.79. The summed E-state index contributed by atoms with van der Waals surface area (Å²) in [6, 6.07) is 9.07. The highest BCUT2D eigenvalue weighted by Crippen LogP contribution is 2.48. The predicted octanol–water partition coefficient (Wildman–Crippen LogP) is 4.54. The molecule has 192 valence electrons. The molecule has 0 amide bonds. The van der Waals surface area contributed by atoms with Gasteiger partial charge >= 0.3 is 0 Å². The second-order valence-electron chi connectivity index (χ2n) is 9.79. The van der Waals surface area contributed by atoms with E-state index in [0.717, 1.165) is 0 Å². The number of allylic oxidation sites excluding steroid dienone is 2. The first kappa shape index (κ1) is 24.3. The molecule has 1 aliphatic heterocycles. The van der Waals surface area contributed by atoms with Crippen molar-refractivity contribution in [2.24, 2.45) is 5.41 Å². The summed E-state index contributed by atoms with van der Waals surface area (Å²) in [5, 5.41) is 20.0. The molecule has 1 aromatic heterocycles. The molecule has 0 saturated carbocycles. The van der Waals surface area contributed by atoms with Crippen molar-refractivity contribution >= 4 is 17.4 Å². The predicted molar refractivity (Wildman–Crippen MR) is 135 cm³/mol. The lowest BCUT2D eigenvalue weighted by molar-refractivity contribution is -0.385. The lowest BCUT2D eigenvalue weighted by Crippen LogP contribution is -2.36. The summed E-state index contributed by atoms with van der Waals surface area (Å²) in [7, 11) is 4.55. The average Bonchev–Trinajstić information content (AvgIpc) is 3.29. The van der Waals surface area contributed by atoms with Gasteiger partial charge in [-0.2, -0.15) is 4.98 Å². The molecule has 0 saturated heterocycles. The van der Waals surface area contributed by atoms with E-state index < -0.39 is 11.0 Å². The number of aromatic nitrogens is 3. The van der Waals surface area contributed by atoms with E-state index in [1.807, 2.05) is 13.8 Å². The number of benzene rings is 2. The molecule has 2 heterocycles. The largest absolute Gasteiger partial charge is 0.493 e. The van der Waals surface area contributed by atoms with E-state index in [9.17, 15) is 14.9 Å². The van der Waals surface area contributed by atoms with Crippen LogP contribution in [0.25, 0.3) is 11.4 Å². The van der Waals surface area contributed by atoms with Crippen LogP contribution in [0.4, 0.5) is 11.6 Å². The standard InChI is InChI=1S/C26H27N5O6/c1-26(2)12-16-21(18(32)13-26)22(15-8-6-7-9-17(15)31(33)34)30-25(27-16)28-24(29-30)14-10-19(35-3)23(37-5)20(11-14)36-4/h6-11,22H,12-13H2,1-5H3,(H,27,28,29). The number of nitro groups is 1. The Labute approximate surface area is 213 Å². The number of carbonyl (C=O) groups excluding carboxylic acids is 1. The van der Waals surface area contributed by atoms with E-state index in [2.05, 4.69) is 5.32 Å². The first-order valence-corrected chi connectivity index (χ1v) is 11.7. The fourth-order valence-corrected chi connectivity index (χ4v) is 5.11. The van der Waals surface area contributed by atoms with Crippen LogP contribution in [0.1, 0.15) is 38.3 Å². The molecule has 3 aromatic rings. The molecule has 1 atom stereocenters. The minimum absolute atomic E-state index is 0.0719. The molecule has 1 N–H and O–H groups in total. The maximum absolute atomic E-state index is 13.5. The van der Waals surface area contributed by atoms with Gasteiger partial charge in [0.2, 0.25) is 11.7 Å². The van der Waals surface area contributed by atoms with E-state index in [0.29, 0.717) is 64.3 Å². The highest BCUT2D eigenvalue weighted by Gasteiger charge is 2.43. The molecule has 0 bridgehead atoms. The number of nitrogens with one attached hydrogen (secondary N) is 1. The summed E-state index contributed by atoms with van der Waals surface area (Å²) in [5.74, 6) is 1.94. The Morgan fingerprint density at radius 2 is 1.76 bits per heavy atom. The van der Waals surface area contributed by atoms with Gasteiger partial charge in [0.1, 0.15) is 6.04 Å². The van der Waals surface area contributed by atoms with Gasteiger partial charge in [-0.3, -0.25) is 14.9 Å². The van der Waals surface area contributed by atoms with Crippen LogP contribution in [-0.4, -0.2) is 46.8 Å². The van der Waals surface area contributed by atoms with Crippen LogP contribution in [0, 0.1) is 15.5 Å². The highest BCUT2D eigenvalue weighted by atomic mass is 16.6. The molecule has 11 heteroatoms. The number of Topliss-reactive ketones (excluding diaryl/α,β-unsaturated/α-hetero) is 1. The lowest BCUT2D eigenvalue weighted by Gasteiger charge is -2.38. The number of hydrogen-bond donors (Lipinski definition) is 1. The number of anilines is 1. The van der Waals surface area contributed by atoms with Crippen molar-refractivity contribution in [2.75, 3.05) is 26.6 Å². The topological polar surface area (TPSA) is 131 Å². The number of carbonyl (C=O) groups is 1. The molecule has 1 aliphatic carbocycles. The molecular formula is C26H27N5O6. The van der Waals surface area contributed by atoms with Gasteiger partial charge < -0.3 is 19.5 Å². The number of para-hydroxylation sites is 1. The van der Waals surface area contributed by atoms with Gasteiger partial charge in [0.05, 0.1) is 31.8 Å². The zero-order valence-electron chi connectivity index (χ0n) is 21.2. The molecule has 11 nitrogen and oxygen atoms in total. The van der Waals surface area contributed by atoms with Crippen LogP contribution in [0.5, 0.6) is 17.2 Å². The molecular weight excluding hydrogens is 478 g/mol. The lowest BCUT2D eigenvalue weighted by atomic mass is 9.73. The number of rotatable bonds is 6. The van der Waals surface area contributed by atoms with E-state index in [1.54, 1.807) is 35.0 Å². The quantitative estimate of drug-likeness (QED) is 0.379. The molecule has 0 spiro atoms. The minimum Gasteiger partial charge on any atom is -0.493 e. The number of methoxy groups -OCH3 is 3. The number of fused-ring (bicyclic) bond motifs is 1. The molecule has 37 heavy (non-hydrogen) atoms. The third kappa shape index (κ3) is 4.05. The third-order valence-electron chi connectivity index (χ3n) is 6.68. The van der Waals surface area contributed by atoms with E-state index in [4.69, 9.17) is 24.3 Å². The first-order valence-electron chi connectivity index (χ1n) is 11.7. The molecule has 0 radical (unpaired) electrons. The van der Waals surface area contributed by atoms with Crippen molar-refractivity contribution in [2.45, 2.75) is 32.7 Å². The van der Waals surface area contributed by atoms with Crippen molar-refractivity contribution in [3.05, 3.63) is 63.3 Å². The van der Waals surface area contributed by atoms with Crippen LogP contribution in [-0.2, 0) is 4.79 Å². The third-order valence-corrected chi connectivity index (χ3v) is 6.68. The molecule has 2 aromatic carbocycles. The second kappa shape index (κ2) is 8.91. The van der Waals surface area contributed by atoms with Gasteiger partial charge in [-0.05, 0) is 30.0 Å². The highest BCUT2D eigenvalue weighted by molar-refractivity contribution is 6.00. The second-order valence-corrected chi connectivity index (χ2v) is 9.79. The number of ketones is 1. The Bertz CT molecular complexity index is 1430. The summed E-state index contributed by atoms with van der Waals surface area (Å²) in [4.78, 5) is 29.7. The average molecular weight is 506 g/mol. The maximum atomic E-state index is 13.5. The zero-order valence-corrected chi connectivity index (χ0v) is 21.2. The normalized spacial score (nSPS) is 18.0. The van der Waals surface area contributed by atoms with E-state index in [1.165, 1.54) is 27.4 Å². The van der Waals surface area contributed by atoms with Gasteiger partial charge in [0, 0.05) is 29.3 Å². The van der Waals surface area contributed by atoms with Gasteiger partial charge in [-0.1, -0.05) is 26.0 Å². The monoisotopic (exact) mass is 505 g/mol. The van der Waals surface area contributed by atoms with Crippen molar-refractivity contribution in [3.8, 4) is 28.6 Å². The number of nitrogens with zero attached hydrogens (tertiary/aromatic N) is 4. The minimum atomic E-state index is -0.806. The van der Waals surface area contributed by atoms with Gasteiger partial charge in [0.15, 0.2) is 23.1 Å². The van der Waals surface area contributed by atoms with Gasteiger partial charge in [-0.25, -0.2) is 4.68 Å². The SMILES string of the molecule is COc1cc(-c2nc3n(n2)C(c2ccccc2[N+](=O)[O-])C2=C(CC(C)(C)CC2=O)N3)cc(OC)c1OC. The van der Waals surface area contributed by atoms with E-state index >= 15 is 0 Å².